The molecular formula is C34H40N4O. The van der Waals surface area contributed by atoms with E-state index in [-0.39, 0.29) is 5.78 Å². The van der Waals surface area contributed by atoms with Crippen LogP contribution in [0.4, 0.5) is 17.1 Å². The van der Waals surface area contributed by atoms with Crippen LogP contribution in [-0.4, -0.2) is 67.1 Å². The van der Waals surface area contributed by atoms with Crippen LogP contribution < -0.4 is 14.7 Å². The number of carbonyl (C=O) groups excluding carboxylic acids is 1. The molecule has 3 aromatic rings. The van der Waals surface area contributed by atoms with Crippen LogP contribution in [0.25, 0.3) is 5.57 Å². The number of benzene rings is 3. The SMILES string of the molecule is CN(C)C1=CC(=C(c2ccc(N(C)C)cc2)c2ccc(N(C)C)cc2)C(C(=O)c2ccc(N(C)C)cc2)C=C1. The molecule has 0 bridgehead atoms. The molecule has 0 fully saturated rings. The molecule has 0 saturated carbocycles. The molecule has 0 heterocycles. The van der Waals surface area contributed by atoms with Crippen LogP contribution in [0.3, 0.4) is 0 Å². The van der Waals surface area contributed by atoms with E-state index >= 15 is 0 Å². The zero-order valence-electron chi connectivity index (χ0n) is 24.4. The second-order valence-electron chi connectivity index (χ2n) is 10.8. The van der Waals surface area contributed by atoms with Crippen LogP contribution in [0.15, 0.2) is 102 Å². The van der Waals surface area contributed by atoms with Gasteiger partial charge in [-0.2, -0.15) is 0 Å². The first kappa shape index (κ1) is 27.8. The van der Waals surface area contributed by atoms with Crippen molar-refractivity contribution in [1.82, 2.24) is 4.90 Å². The van der Waals surface area contributed by atoms with E-state index in [1.54, 1.807) is 0 Å². The van der Waals surface area contributed by atoms with Gasteiger partial charge in [0.05, 0.1) is 5.92 Å². The van der Waals surface area contributed by atoms with Gasteiger partial charge in [-0.3, -0.25) is 4.79 Å². The van der Waals surface area contributed by atoms with Gasteiger partial charge < -0.3 is 19.6 Å². The first-order valence-electron chi connectivity index (χ1n) is 13.3. The fourth-order valence-electron chi connectivity index (χ4n) is 4.79. The molecule has 1 atom stereocenters. The Kier molecular flexibility index (Phi) is 8.29. The average Bonchev–Trinajstić information content (AvgIpc) is 2.93. The summed E-state index contributed by atoms with van der Waals surface area (Å²) in [5.41, 5.74) is 9.33. The lowest BCUT2D eigenvalue weighted by molar-refractivity contribution is 0.0961. The maximum absolute atomic E-state index is 14.1. The number of rotatable bonds is 8. The molecule has 0 radical (unpaired) electrons. The summed E-state index contributed by atoms with van der Waals surface area (Å²) in [5, 5.41) is 0. The second kappa shape index (κ2) is 11.6. The van der Waals surface area contributed by atoms with E-state index in [9.17, 15) is 4.79 Å². The third-order valence-electron chi connectivity index (χ3n) is 7.20. The van der Waals surface area contributed by atoms with Crippen molar-refractivity contribution in [2.75, 3.05) is 71.1 Å². The van der Waals surface area contributed by atoms with Crippen LogP contribution in [0.2, 0.25) is 0 Å². The van der Waals surface area contributed by atoms with Crippen LogP contribution in [-0.2, 0) is 0 Å². The molecule has 202 valence electrons. The van der Waals surface area contributed by atoms with E-state index < -0.39 is 5.92 Å². The van der Waals surface area contributed by atoms with Crippen molar-refractivity contribution in [2.45, 2.75) is 0 Å². The normalized spacial score (nSPS) is 14.5. The minimum Gasteiger partial charge on any atom is -0.378 e. The highest BCUT2D eigenvalue weighted by atomic mass is 16.1. The minimum atomic E-state index is -0.407. The molecule has 0 aliphatic heterocycles. The summed E-state index contributed by atoms with van der Waals surface area (Å²) in [6.45, 7) is 0. The van der Waals surface area contributed by atoms with Gasteiger partial charge >= 0.3 is 0 Å². The van der Waals surface area contributed by atoms with Gasteiger partial charge in [0.15, 0.2) is 5.78 Å². The van der Waals surface area contributed by atoms with E-state index in [1.807, 2.05) is 85.5 Å². The van der Waals surface area contributed by atoms with Crippen molar-refractivity contribution >= 4 is 28.4 Å². The van der Waals surface area contributed by atoms with E-state index in [4.69, 9.17) is 0 Å². The summed E-state index contributed by atoms with van der Waals surface area (Å²) in [6.07, 6.45) is 6.28. The number of hydrogen-bond donors (Lipinski definition) is 0. The molecule has 5 heteroatoms. The Morgan fingerprint density at radius 1 is 0.538 bits per heavy atom. The molecule has 1 unspecified atom stereocenters. The molecule has 0 aromatic heterocycles. The number of likely N-dealkylation sites (N-methyl/N-ethyl adjacent to an activating group) is 1. The van der Waals surface area contributed by atoms with Gasteiger partial charge in [-0.05, 0) is 83.0 Å². The predicted molar refractivity (Wildman–Crippen MR) is 167 cm³/mol. The largest absolute Gasteiger partial charge is 0.378 e. The molecule has 5 nitrogen and oxygen atoms in total. The van der Waals surface area contributed by atoms with Gasteiger partial charge in [0.2, 0.25) is 0 Å². The Morgan fingerprint density at radius 2 is 0.923 bits per heavy atom. The molecular weight excluding hydrogens is 480 g/mol. The summed E-state index contributed by atoms with van der Waals surface area (Å²) in [5.74, 6) is -0.316. The monoisotopic (exact) mass is 520 g/mol. The smallest absolute Gasteiger partial charge is 0.174 e. The van der Waals surface area contributed by atoms with Crippen molar-refractivity contribution in [3.63, 3.8) is 0 Å². The average molecular weight is 521 g/mol. The van der Waals surface area contributed by atoms with Crippen molar-refractivity contribution in [3.8, 4) is 0 Å². The Balaban J connectivity index is 1.93. The second-order valence-corrected chi connectivity index (χ2v) is 10.8. The number of allylic oxidation sites excluding steroid dienone is 4. The first-order valence-corrected chi connectivity index (χ1v) is 13.3. The van der Waals surface area contributed by atoms with E-state index in [2.05, 4.69) is 81.5 Å². The minimum absolute atomic E-state index is 0.0907. The zero-order chi connectivity index (χ0) is 28.3. The maximum Gasteiger partial charge on any atom is 0.174 e. The predicted octanol–water partition coefficient (Wildman–Crippen LogP) is 6.20. The summed E-state index contributed by atoms with van der Waals surface area (Å²) in [4.78, 5) is 22.4. The zero-order valence-corrected chi connectivity index (χ0v) is 24.4. The number of carbonyl (C=O) groups is 1. The van der Waals surface area contributed by atoms with E-state index in [1.165, 1.54) is 0 Å². The lowest BCUT2D eigenvalue weighted by atomic mass is 9.80. The van der Waals surface area contributed by atoms with Gasteiger partial charge in [0.25, 0.3) is 0 Å². The number of ketones is 1. The molecule has 1 aliphatic carbocycles. The molecule has 0 N–H and O–H groups in total. The lowest BCUT2D eigenvalue weighted by Crippen LogP contribution is -2.21. The van der Waals surface area contributed by atoms with Gasteiger partial charge in [-0.1, -0.05) is 30.3 Å². The van der Waals surface area contributed by atoms with Crippen molar-refractivity contribution in [1.29, 1.82) is 0 Å². The fourth-order valence-corrected chi connectivity index (χ4v) is 4.79. The number of anilines is 3. The molecule has 39 heavy (non-hydrogen) atoms. The standard InChI is InChI=1S/C34H40N4O/c1-35(2)27-15-9-24(10-16-27)33(25-11-17-28(18-12-25)36(3)4)32-23-30(38(7)8)21-22-31(32)34(39)26-13-19-29(20-14-26)37(5)6/h9-23,31H,1-8H3. The van der Waals surface area contributed by atoms with Crippen LogP contribution in [0.5, 0.6) is 0 Å². The number of Topliss-reactive ketones (excluding diaryl/α,β-unsaturated/α-hetero) is 1. The van der Waals surface area contributed by atoms with Crippen molar-refractivity contribution in [3.05, 3.63) is 119 Å². The van der Waals surface area contributed by atoms with E-state index in [0.717, 1.165) is 45.0 Å². The quantitative estimate of drug-likeness (QED) is 0.330. The van der Waals surface area contributed by atoms with Crippen LogP contribution in [0.1, 0.15) is 21.5 Å². The van der Waals surface area contributed by atoms with Gasteiger partial charge in [0, 0.05) is 84.7 Å². The molecule has 4 rings (SSSR count). The fraction of sp³-hybridized carbons (Fsp3) is 0.265. The summed E-state index contributed by atoms with van der Waals surface area (Å²) >= 11 is 0. The van der Waals surface area contributed by atoms with Crippen molar-refractivity contribution < 1.29 is 4.79 Å². The van der Waals surface area contributed by atoms with E-state index in [0.29, 0.717) is 5.56 Å². The Bertz CT molecular complexity index is 1340. The molecule has 0 spiro atoms. The Morgan fingerprint density at radius 3 is 1.28 bits per heavy atom. The Labute approximate surface area is 234 Å². The third-order valence-corrected chi connectivity index (χ3v) is 7.20. The maximum atomic E-state index is 14.1. The van der Waals surface area contributed by atoms with Crippen molar-refractivity contribution in [2.24, 2.45) is 5.92 Å². The van der Waals surface area contributed by atoms with Gasteiger partial charge in [-0.15, -0.1) is 0 Å². The first-order chi connectivity index (χ1) is 18.6. The number of hydrogen-bond acceptors (Lipinski definition) is 5. The van der Waals surface area contributed by atoms with Crippen LogP contribution >= 0.6 is 0 Å². The highest BCUT2D eigenvalue weighted by molar-refractivity contribution is 6.04. The summed E-state index contributed by atoms with van der Waals surface area (Å²) < 4.78 is 0. The van der Waals surface area contributed by atoms with Gasteiger partial charge in [-0.25, -0.2) is 0 Å². The summed E-state index contributed by atoms with van der Waals surface area (Å²) in [7, 11) is 16.3. The topological polar surface area (TPSA) is 30.0 Å². The molecule has 1 aliphatic rings. The Hall–Kier alpha value is -4.25. The third kappa shape index (κ3) is 6.09. The summed E-state index contributed by atoms with van der Waals surface area (Å²) in [6, 6.07) is 25.1. The molecule has 0 saturated heterocycles. The highest BCUT2D eigenvalue weighted by Crippen LogP contribution is 2.38. The number of nitrogens with zero attached hydrogens (tertiary/aromatic N) is 4. The van der Waals surface area contributed by atoms with Gasteiger partial charge in [0.1, 0.15) is 0 Å². The molecule has 3 aromatic carbocycles. The highest BCUT2D eigenvalue weighted by Gasteiger charge is 2.28. The molecule has 0 amide bonds. The lowest BCUT2D eigenvalue weighted by Gasteiger charge is -2.26. The van der Waals surface area contributed by atoms with Crippen LogP contribution in [0, 0.1) is 5.92 Å².